The molecule has 5 nitrogen and oxygen atoms in total. The maximum atomic E-state index is 11.9. The number of H-pyrrole nitrogens is 1. The third kappa shape index (κ3) is 2.13. The van der Waals surface area contributed by atoms with Crippen LogP contribution in [-0.2, 0) is 0 Å². The quantitative estimate of drug-likeness (QED) is 0.688. The van der Waals surface area contributed by atoms with Gasteiger partial charge < -0.3 is 11.1 Å². The van der Waals surface area contributed by atoms with Crippen molar-refractivity contribution in [1.82, 2.24) is 10.2 Å². The molecule has 0 unspecified atom stereocenters. The highest BCUT2D eigenvalue weighted by atomic mass is 16.1. The molecule has 0 atom stereocenters. The number of carbonyl (C=O) groups is 1. The number of rotatable bonds is 2. The Morgan fingerprint density at radius 3 is 2.82 bits per heavy atom. The van der Waals surface area contributed by atoms with Crippen LogP contribution in [0.3, 0.4) is 0 Å². The molecule has 0 fully saturated rings. The van der Waals surface area contributed by atoms with Crippen molar-refractivity contribution in [3.63, 3.8) is 0 Å². The van der Waals surface area contributed by atoms with Gasteiger partial charge in [-0.1, -0.05) is 6.07 Å². The fraction of sp³-hybridized carbons (Fsp3) is 0.167. The third-order valence-corrected chi connectivity index (χ3v) is 2.71. The van der Waals surface area contributed by atoms with Gasteiger partial charge in [-0.25, -0.2) is 0 Å². The van der Waals surface area contributed by atoms with E-state index in [0.29, 0.717) is 11.3 Å². The van der Waals surface area contributed by atoms with Crippen molar-refractivity contribution in [2.45, 2.75) is 13.8 Å². The maximum absolute atomic E-state index is 11.9. The first kappa shape index (κ1) is 11.2. The summed E-state index contributed by atoms with van der Waals surface area (Å²) in [7, 11) is 0. The van der Waals surface area contributed by atoms with E-state index in [1.165, 1.54) is 6.20 Å². The monoisotopic (exact) mass is 230 g/mol. The molecule has 4 N–H and O–H groups in total. The molecule has 0 bridgehead atoms. The fourth-order valence-corrected chi connectivity index (χ4v) is 1.62. The van der Waals surface area contributed by atoms with E-state index >= 15 is 0 Å². The van der Waals surface area contributed by atoms with E-state index in [4.69, 9.17) is 5.73 Å². The largest absolute Gasteiger partial charge is 0.398 e. The van der Waals surface area contributed by atoms with Crippen molar-refractivity contribution in [3.8, 4) is 0 Å². The second kappa shape index (κ2) is 4.29. The summed E-state index contributed by atoms with van der Waals surface area (Å²) in [5, 5.41) is 9.18. The van der Waals surface area contributed by atoms with Crippen molar-refractivity contribution >= 4 is 17.3 Å². The summed E-state index contributed by atoms with van der Waals surface area (Å²) < 4.78 is 0. The number of aromatic amines is 1. The molecule has 2 aromatic rings. The van der Waals surface area contributed by atoms with Crippen LogP contribution in [0.25, 0.3) is 0 Å². The predicted octanol–water partition coefficient (Wildman–Crippen LogP) is 1.86. The molecule has 1 amide bonds. The van der Waals surface area contributed by atoms with E-state index < -0.39 is 0 Å². The second-order valence-corrected chi connectivity index (χ2v) is 3.91. The summed E-state index contributed by atoms with van der Waals surface area (Å²) in [5.74, 6) is -0.199. The molecule has 0 aliphatic heterocycles. The molecule has 5 heteroatoms. The Bertz CT molecular complexity index is 546. The lowest BCUT2D eigenvalue weighted by atomic mass is 10.1. The van der Waals surface area contributed by atoms with Gasteiger partial charge >= 0.3 is 0 Å². The van der Waals surface area contributed by atoms with Gasteiger partial charge in [-0.3, -0.25) is 9.89 Å². The number of aryl methyl sites for hydroxylation is 1. The highest BCUT2D eigenvalue weighted by molar-refractivity contribution is 6.05. The van der Waals surface area contributed by atoms with Gasteiger partial charge in [0.1, 0.15) is 0 Å². The number of hydrogen-bond donors (Lipinski definition) is 3. The van der Waals surface area contributed by atoms with E-state index in [-0.39, 0.29) is 5.91 Å². The molecular formula is C12H14N4O. The molecule has 0 radical (unpaired) electrons. The summed E-state index contributed by atoms with van der Waals surface area (Å²) >= 11 is 0. The van der Waals surface area contributed by atoms with Crippen LogP contribution in [-0.4, -0.2) is 16.1 Å². The Morgan fingerprint density at radius 1 is 1.41 bits per heavy atom. The number of hydrogen-bond acceptors (Lipinski definition) is 3. The smallest absolute Gasteiger partial charge is 0.258 e. The third-order valence-electron chi connectivity index (χ3n) is 2.71. The summed E-state index contributed by atoms with van der Waals surface area (Å²) in [6.45, 7) is 3.81. The molecule has 0 spiro atoms. The van der Waals surface area contributed by atoms with Crippen molar-refractivity contribution in [2.75, 3.05) is 11.1 Å². The van der Waals surface area contributed by atoms with E-state index in [9.17, 15) is 4.79 Å². The molecule has 1 aromatic heterocycles. The minimum absolute atomic E-state index is 0.199. The molecule has 0 saturated heterocycles. The zero-order valence-corrected chi connectivity index (χ0v) is 9.74. The van der Waals surface area contributed by atoms with Crippen molar-refractivity contribution < 1.29 is 4.79 Å². The molecule has 88 valence electrons. The number of nitrogens with zero attached hydrogens (tertiary/aromatic N) is 1. The maximum Gasteiger partial charge on any atom is 0.258 e. The van der Waals surface area contributed by atoms with Gasteiger partial charge in [-0.05, 0) is 31.0 Å². The van der Waals surface area contributed by atoms with Gasteiger partial charge in [0.15, 0.2) is 0 Å². The number of nitrogens with one attached hydrogen (secondary N) is 2. The number of nitrogens with two attached hydrogens (primary N) is 1. The molecule has 0 aliphatic rings. The van der Waals surface area contributed by atoms with Crippen LogP contribution in [0.1, 0.15) is 21.5 Å². The highest BCUT2D eigenvalue weighted by Crippen LogP contribution is 2.25. The van der Waals surface area contributed by atoms with Gasteiger partial charge in [-0.15, -0.1) is 0 Å². The Kier molecular flexibility index (Phi) is 2.82. The van der Waals surface area contributed by atoms with Crippen LogP contribution in [0.2, 0.25) is 0 Å². The van der Waals surface area contributed by atoms with Crippen LogP contribution < -0.4 is 11.1 Å². The molecule has 17 heavy (non-hydrogen) atoms. The lowest BCUT2D eigenvalue weighted by molar-refractivity contribution is 0.102. The van der Waals surface area contributed by atoms with Gasteiger partial charge in [0, 0.05) is 17.6 Å². The molecule has 1 aromatic carbocycles. The number of anilines is 2. The zero-order chi connectivity index (χ0) is 12.4. The fourth-order valence-electron chi connectivity index (χ4n) is 1.62. The number of carbonyl (C=O) groups excluding carboxylic acids is 1. The average molecular weight is 230 g/mol. The minimum Gasteiger partial charge on any atom is -0.398 e. The van der Waals surface area contributed by atoms with E-state index in [0.717, 1.165) is 16.8 Å². The lowest BCUT2D eigenvalue weighted by Gasteiger charge is -2.12. The minimum atomic E-state index is -0.199. The highest BCUT2D eigenvalue weighted by Gasteiger charge is 2.11. The Hall–Kier alpha value is -2.30. The molecular weight excluding hydrogens is 216 g/mol. The summed E-state index contributed by atoms with van der Waals surface area (Å²) in [4.78, 5) is 11.9. The first-order valence-electron chi connectivity index (χ1n) is 5.25. The molecule has 2 rings (SSSR count). The topological polar surface area (TPSA) is 83.8 Å². The Morgan fingerprint density at radius 2 is 2.18 bits per heavy atom. The van der Waals surface area contributed by atoms with Crippen LogP contribution in [0.5, 0.6) is 0 Å². The molecule has 1 heterocycles. The average Bonchev–Trinajstić information content (AvgIpc) is 2.83. The van der Waals surface area contributed by atoms with Gasteiger partial charge in [0.25, 0.3) is 5.91 Å². The van der Waals surface area contributed by atoms with Gasteiger partial charge in [-0.2, -0.15) is 5.10 Å². The zero-order valence-electron chi connectivity index (χ0n) is 9.74. The number of aromatic nitrogens is 2. The first-order valence-corrected chi connectivity index (χ1v) is 5.25. The van der Waals surface area contributed by atoms with Crippen molar-refractivity contribution in [1.29, 1.82) is 0 Å². The second-order valence-electron chi connectivity index (χ2n) is 3.91. The number of benzene rings is 1. The Balaban J connectivity index is 2.31. The van der Waals surface area contributed by atoms with Crippen LogP contribution in [0.4, 0.5) is 11.4 Å². The van der Waals surface area contributed by atoms with E-state index in [1.54, 1.807) is 6.20 Å². The van der Waals surface area contributed by atoms with Crippen LogP contribution in [0, 0.1) is 13.8 Å². The number of nitrogen functional groups attached to an aromatic ring is 1. The molecule has 0 aliphatic carbocycles. The van der Waals surface area contributed by atoms with Crippen LogP contribution in [0.15, 0.2) is 24.5 Å². The van der Waals surface area contributed by atoms with Crippen LogP contribution >= 0.6 is 0 Å². The number of amides is 1. The normalized spacial score (nSPS) is 10.2. The van der Waals surface area contributed by atoms with Gasteiger partial charge in [0.05, 0.1) is 11.8 Å². The summed E-state index contributed by atoms with van der Waals surface area (Å²) in [6, 6.07) is 3.71. The van der Waals surface area contributed by atoms with Crippen molar-refractivity contribution in [2.24, 2.45) is 0 Å². The van der Waals surface area contributed by atoms with Crippen molar-refractivity contribution in [3.05, 3.63) is 41.2 Å². The van der Waals surface area contributed by atoms with E-state index in [2.05, 4.69) is 15.5 Å². The van der Waals surface area contributed by atoms with E-state index in [1.807, 2.05) is 26.0 Å². The Labute approximate surface area is 99.0 Å². The SMILES string of the molecule is Cc1ccc(N)c(C)c1NC(=O)c1cn[nH]c1. The standard InChI is InChI=1S/C12H14N4O/c1-7-3-4-10(13)8(2)11(7)16-12(17)9-5-14-15-6-9/h3-6H,13H2,1-2H3,(H,14,15)(H,16,17). The predicted molar refractivity (Wildman–Crippen MR) is 66.9 cm³/mol. The lowest BCUT2D eigenvalue weighted by Crippen LogP contribution is -2.13. The summed E-state index contributed by atoms with van der Waals surface area (Å²) in [5.41, 5.74) is 9.59. The summed E-state index contributed by atoms with van der Waals surface area (Å²) in [6.07, 6.45) is 3.03. The first-order chi connectivity index (χ1) is 8.09. The van der Waals surface area contributed by atoms with Gasteiger partial charge in [0.2, 0.25) is 0 Å². The molecule has 0 saturated carbocycles.